The molecule has 1 saturated heterocycles. The molecule has 2 aromatic rings. The van der Waals surface area contributed by atoms with Gasteiger partial charge in [-0.3, -0.25) is 4.57 Å². The van der Waals surface area contributed by atoms with Gasteiger partial charge >= 0.3 is 6.01 Å². The van der Waals surface area contributed by atoms with Crippen molar-refractivity contribution in [3.05, 3.63) is 18.7 Å². The Hall–Kier alpha value is -2.22. The molecule has 3 heterocycles. The van der Waals surface area contributed by atoms with Gasteiger partial charge in [-0.25, -0.2) is 4.98 Å². The highest BCUT2D eigenvalue weighted by atomic mass is 16.5. The van der Waals surface area contributed by atoms with E-state index in [1.165, 1.54) is 12.8 Å². The molecular weight excluding hydrogens is 270 g/mol. The van der Waals surface area contributed by atoms with Crippen molar-refractivity contribution in [1.82, 2.24) is 29.4 Å². The van der Waals surface area contributed by atoms with Crippen LogP contribution in [0, 0.1) is 0 Å². The quantitative estimate of drug-likeness (QED) is 0.875. The minimum absolute atomic E-state index is 0.140. The van der Waals surface area contributed by atoms with Crippen molar-refractivity contribution in [3.8, 4) is 12.0 Å². The number of anilines is 1. The number of rotatable bonds is 4. The highest BCUT2D eigenvalue weighted by Crippen LogP contribution is 2.16. The molecule has 2 N–H and O–H groups in total. The number of piperidine rings is 1. The number of aromatic nitrogens is 5. The Morgan fingerprint density at radius 1 is 1.33 bits per heavy atom. The summed E-state index contributed by atoms with van der Waals surface area (Å²) in [5, 5.41) is 0. The SMILES string of the molecule is CN1CCCCC1COc1nc(N)nc(-n2ccnc2)n1. The van der Waals surface area contributed by atoms with Gasteiger partial charge in [-0.15, -0.1) is 0 Å². The van der Waals surface area contributed by atoms with Crippen LogP contribution in [0.2, 0.25) is 0 Å². The van der Waals surface area contributed by atoms with Crippen LogP contribution in [0.4, 0.5) is 5.95 Å². The van der Waals surface area contributed by atoms with E-state index < -0.39 is 0 Å². The zero-order chi connectivity index (χ0) is 14.7. The highest BCUT2D eigenvalue weighted by Gasteiger charge is 2.20. The summed E-state index contributed by atoms with van der Waals surface area (Å²) in [5.41, 5.74) is 5.72. The number of likely N-dealkylation sites (N-methyl/N-ethyl adjacent to an activating group) is 1. The molecule has 3 rings (SSSR count). The van der Waals surface area contributed by atoms with E-state index >= 15 is 0 Å². The summed E-state index contributed by atoms with van der Waals surface area (Å²) in [4.78, 5) is 18.6. The topological polar surface area (TPSA) is 95.0 Å². The van der Waals surface area contributed by atoms with E-state index in [2.05, 4.69) is 31.9 Å². The van der Waals surface area contributed by atoms with Gasteiger partial charge in [-0.1, -0.05) is 6.42 Å². The first kappa shape index (κ1) is 13.7. The summed E-state index contributed by atoms with van der Waals surface area (Å²) in [6, 6.07) is 0.651. The third-order valence-electron chi connectivity index (χ3n) is 3.68. The van der Waals surface area contributed by atoms with Crippen molar-refractivity contribution in [2.24, 2.45) is 0 Å². The first-order valence-electron chi connectivity index (χ1n) is 7.05. The second-order valence-corrected chi connectivity index (χ2v) is 5.19. The van der Waals surface area contributed by atoms with E-state index in [4.69, 9.17) is 10.5 Å². The van der Waals surface area contributed by atoms with Crippen LogP contribution in [0.1, 0.15) is 19.3 Å². The van der Waals surface area contributed by atoms with Gasteiger partial charge in [-0.05, 0) is 26.4 Å². The zero-order valence-corrected chi connectivity index (χ0v) is 12.0. The molecule has 1 fully saturated rings. The van der Waals surface area contributed by atoms with Crippen LogP contribution in [0.5, 0.6) is 6.01 Å². The van der Waals surface area contributed by atoms with Gasteiger partial charge in [0.1, 0.15) is 12.9 Å². The Bertz CT molecular complexity index is 586. The fourth-order valence-corrected chi connectivity index (χ4v) is 2.44. The van der Waals surface area contributed by atoms with Crippen LogP contribution in [-0.2, 0) is 0 Å². The maximum Gasteiger partial charge on any atom is 0.323 e. The molecule has 0 radical (unpaired) electrons. The predicted octanol–water partition coefficient (Wildman–Crippen LogP) is 0.503. The van der Waals surface area contributed by atoms with Gasteiger partial charge in [0, 0.05) is 18.4 Å². The molecule has 8 heteroatoms. The smallest absolute Gasteiger partial charge is 0.323 e. The average molecular weight is 289 g/mol. The van der Waals surface area contributed by atoms with Crippen LogP contribution in [0.25, 0.3) is 5.95 Å². The second kappa shape index (κ2) is 6.04. The van der Waals surface area contributed by atoms with Crippen LogP contribution < -0.4 is 10.5 Å². The van der Waals surface area contributed by atoms with E-state index in [0.29, 0.717) is 18.6 Å². The summed E-state index contributed by atoms with van der Waals surface area (Å²) in [6.07, 6.45) is 8.61. The van der Waals surface area contributed by atoms with Gasteiger partial charge in [-0.2, -0.15) is 15.0 Å². The van der Waals surface area contributed by atoms with Crippen LogP contribution in [0.15, 0.2) is 18.7 Å². The number of likely N-dealkylation sites (tertiary alicyclic amines) is 1. The van der Waals surface area contributed by atoms with Crippen molar-refractivity contribution in [2.45, 2.75) is 25.3 Å². The summed E-state index contributed by atoms with van der Waals surface area (Å²) in [6.45, 7) is 1.66. The number of imidazole rings is 1. The average Bonchev–Trinajstić information content (AvgIpc) is 3.00. The Labute approximate surface area is 123 Å². The Morgan fingerprint density at radius 2 is 2.24 bits per heavy atom. The monoisotopic (exact) mass is 289 g/mol. The first-order chi connectivity index (χ1) is 10.2. The molecule has 1 atom stereocenters. The molecule has 0 aliphatic carbocycles. The van der Waals surface area contributed by atoms with Gasteiger partial charge in [0.2, 0.25) is 11.9 Å². The van der Waals surface area contributed by atoms with Gasteiger partial charge < -0.3 is 15.4 Å². The van der Waals surface area contributed by atoms with Gasteiger partial charge in [0.15, 0.2) is 0 Å². The lowest BCUT2D eigenvalue weighted by molar-refractivity contribution is 0.119. The normalized spacial score (nSPS) is 19.6. The first-order valence-corrected chi connectivity index (χ1v) is 7.05. The second-order valence-electron chi connectivity index (χ2n) is 5.19. The molecule has 0 aromatic carbocycles. The zero-order valence-electron chi connectivity index (χ0n) is 12.0. The van der Waals surface area contributed by atoms with Crippen LogP contribution >= 0.6 is 0 Å². The fourth-order valence-electron chi connectivity index (χ4n) is 2.44. The fraction of sp³-hybridized carbons (Fsp3) is 0.538. The van der Waals surface area contributed by atoms with Crippen molar-refractivity contribution >= 4 is 5.95 Å². The summed E-state index contributed by atoms with van der Waals surface area (Å²) in [7, 11) is 2.12. The van der Waals surface area contributed by atoms with Crippen LogP contribution in [-0.4, -0.2) is 55.6 Å². The molecule has 0 amide bonds. The van der Waals surface area contributed by atoms with Crippen molar-refractivity contribution < 1.29 is 4.74 Å². The molecule has 0 spiro atoms. The molecule has 1 unspecified atom stereocenters. The van der Waals surface area contributed by atoms with E-state index in [1.807, 2.05) is 0 Å². The van der Waals surface area contributed by atoms with Crippen molar-refractivity contribution in [3.63, 3.8) is 0 Å². The molecule has 0 bridgehead atoms. The van der Waals surface area contributed by atoms with Gasteiger partial charge in [0.25, 0.3) is 0 Å². The van der Waals surface area contributed by atoms with E-state index in [9.17, 15) is 0 Å². The molecule has 2 aromatic heterocycles. The van der Waals surface area contributed by atoms with E-state index in [0.717, 1.165) is 13.0 Å². The number of ether oxygens (including phenoxy) is 1. The van der Waals surface area contributed by atoms with E-state index in [1.54, 1.807) is 23.3 Å². The molecular formula is C13H19N7O. The molecule has 21 heavy (non-hydrogen) atoms. The number of nitrogens with zero attached hydrogens (tertiary/aromatic N) is 6. The number of hydrogen-bond donors (Lipinski definition) is 1. The minimum atomic E-state index is 0.140. The molecule has 112 valence electrons. The summed E-state index contributed by atoms with van der Waals surface area (Å²) >= 11 is 0. The minimum Gasteiger partial charge on any atom is -0.462 e. The lowest BCUT2D eigenvalue weighted by atomic mass is 10.0. The van der Waals surface area contributed by atoms with Gasteiger partial charge in [0.05, 0.1) is 0 Å². The number of nitrogens with two attached hydrogens (primary N) is 1. The van der Waals surface area contributed by atoms with E-state index in [-0.39, 0.29) is 12.0 Å². The summed E-state index contributed by atoms with van der Waals surface area (Å²) < 4.78 is 7.38. The Balaban J connectivity index is 1.70. The standard InChI is InChI=1S/C13H19N7O/c1-19-6-3-2-4-10(19)8-21-13-17-11(14)16-12(18-13)20-7-5-15-9-20/h5,7,9-10H,2-4,6,8H2,1H3,(H2,14,16,17,18). The Morgan fingerprint density at radius 3 is 3.00 bits per heavy atom. The number of hydrogen-bond acceptors (Lipinski definition) is 7. The maximum absolute atomic E-state index is 5.72. The van der Waals surface area contributed by atoms with Crippen molar-refractivity contribution in [2.75, 3.05) is 25.9 Å². The highest BCUT2D eigenvalue weighted by molar-refractivity contribution is 5.25. The summed E-state index contributed by atoms with van der Waals surface area (Å²) in [5.74, 6) is 0.549. The molecule has 8 nitrogen and oxygen atoms in total. The molecule has 1 aliphatic rings. The number of nitrogen functional groups attached to an aromatic ring is 1. The Kier molecular flexibility index (Phi) is 3.96. The lowest BCUT2D eigenvalue weighted by Gasteiger charge is -2.31. The molecule has 1 aliphatic heterocycles. The van der Waals surface area contributed by atoms with Crippen molar-refractivity contribution in [1.29, 1.82) is 0 Å². The van der Waals surface area contributed by atoms with Crippen LogP contribution in [0.3, 0.4) is 0 Å². The third-order valence-corrected chi connectivity index (χ3v) is 3.68. The lowest BCUT2D eigenvalue weighted by Crippen LogP contribution is -2.40. The predicted molar refractivity (Wildman–Crippen MR) is 77.1 cm³/mol. The molecule has 0 saturated carbocycles. The largest absolute Gasteiger partial charge is 0.462 e. The third kappa shape index (κ3) is 3.27. The maximum atomic E-state index is 5.72.